The summed E-state index contributed by atoms with van der Waals surface area (Å²) in [7, 11) is 0. The number of nitrogens with one attached hydrogen (secondary N) is 2. The number of halogens is 3. The van der Waals surface area contributed by atoms with Gasteiger partial charge >= 0.3 is 6.18 Å². The van der Waals surface area contributed by atoms with Gasteiger partial charge in [0.2, 0.25) is 0 Å². The van der Waals surface area contributed by atoms with Gasteiger partial charge < -0.3 is 10.7 Å². The van der Waals surface area contributed by atoms with Crippen molar-refractivity contribution in [2.24, 2.45) is 5.84 Å². The molecule has 4 N–H and O–H groups in total. The van der Waals surface area contributed by atoms with Crippen molar-refractivity contribution >= 4 is 23.0 Å². The molecule has 0 aromatic heterocycles. The third-order valence-corrected chi connectivity index (χ3v) is 2.16. The molecule has 0 radical (unpaired) electrons. The van der Waals surface area contributed by atoms with Gasteiger partial charge in [-0.15, -0.1) is 0 Å². The van der Waals surface area contributed by atoms with Crippen molar-refractivity contribution in [2.45, 2.75) is 13.1 Å². The van der Waals surface area contributed by atoms with Gasteiger partial charge in [-0.2, -0.15) is 13.2 Å². The predicted octanol–water partition coefficient (Wildman–Crippen LogP) is 2.17. The van der Waals surface area contributed by atoms with Crippen LogP contribution < -0.4 is 16.6 Å². The van der Waals surface area contributed by atoms with E-state index in [1.165, 1.54) is 6.07 Å². The zero-order chi connectivity index (χ0) is 12.3. The first-order valence-electron chi connectivity index (χ1n) is 4.30. The first kappa shape index (κ1) is 12.7. The van der Waals surface area contributed by atoms with Crippen molar-refractivity contribution in [1.82, 2.24) is 5.43 Å². The second-order valence-corrected chi connectivity index (χ2v) is 3.53. The van der Waals surface area contributed by atoms with Crippen molar-refractivity contribution in [3.63, 3.8) is 0 Å². The van der Waals surface area contributed by atoms with Gasteiger partial charge in [-0.1, -0.05) is 6.07 Å². The van der Waals surface area contributed by atoms with Gasteiger partial charge in [0, 0.05) is 5.69 Å². The molecule has 0 atom stereocenters. The fourth-order valence-electron chi connectivity index (χ4n) is 1.09. The second-order valence-electron chi connectivity index (χ2n) is 3.13. The number of hydrogen-bond acceptors (Lipinski definition) is 2. The molecule has 0 bridgehead atoms. The summed E-state index contributed by atoms with van der Waals surface area (Å²) in [5.41, 5.74) is 2.32. The molecular weight excluding hydrogens is 239 g/mol. The molecule has 1 rings (SSSR count). The minimum absolute atomic E-state index is 0.0578. The smallest absolute Gasteiger partial charge is 0.331 e. The van der Waals surface area contributed by atoms with Crippen LogP contribution in [0.15, 0.2) is 18.2 Å². The third-order valence-electron chi connectivity index (χ3n) is 1.94. The van der Waals surface area contributed by atoms with E-state index >= 15 is 0 Å². The van der Waals surface area contributed by atoms with Crippen LogP contribution in [0.5, 0.6) is 0 Å². The van der Waals surface area contributed by atoms with Gasteiger partial charge in [0.05, 0.1) is 5.56 Å². The zero-order valence-electron chi connectivity index (χ0n) is 8.35. The van der Waals surface area contributed by atoms with Crippen LogP contribution in [-0.4, -0.2) is 5.11 Å². The molecule has 0 spiro atoms. The largest absolute Gasteiger partial charge is 0.416 e. The quantitative estimate of drug-likeness (QED) is 0.405. The highest BCUT2D eigenvalue weighted by Gasteiger charge is 2.30. The Bertz CT molecular complexity index is 403. The summed E-state index contributed by atoms with van der Waals surface area (Å²) < 4.78 is 37.3. The summed E-state index contributed by atoms with van der Waals surface area (Å²) in [6, 6.07) is 3.36. The summed E-state index contributed by atoms with van der Waals surface area (Å²) in [5, 5.41) is 2.63. The van der Waals surface area contributed by atoms with E-state index in [-0.39, 0.29) is 10.8 Å². The van der Waals surface area contributed by atoms with Gasteiger partial charge in [0.25, 0.3) is 0 Å². The highest BCUT2D eigenvalue weighted by atomic mass is 32.1. The standard InChI is InChI=1S/C9H10F3N3S/c1-5-2-3-6(9(10,11)12)4-7(5)14-8(16)15-13/h2-4H,13H2,1H3,(H2,14,15,16). The maximum atomic E-state index is 12.4. The van der Waals surface area contributed by atoms with E-state index in [0.29, 0.717) is 5.56 Å². The number of benzene rings is 1. The van der Waals surface area contributed by atoms with Crippen molar-refractivity contribution in [2.75, 3.05) is 5.32 Å². The molecule has 0 saturated heterocycles. The predicted molar refractivity (Wildman–Crippen MR) is 59.7 cm³/mol. The Morgan fingerprint density at radius 2 is 2.00 bits per heavy atom. The maximum Gasteiger partial charge on any atom is 0.416 e. The molecule has 0 unspecified atom stereocenters. The Morgan fingerprint density at radius 1 is 1.38 bits per heavy atom. The highest BCUT2D eigenvalue weighted by Crippen LogP contribution is 2.31. The molecule has 0 aliphatic heterocycles. The number of anilines is 1. The summed E-state index contributed by atoms with van der Waals surface area (Å²) in [6.07, 6.45) is -4.37. The van der Waals surface area contributed by atoms with Crippen LogP contribution in [0.4, 0.5) is 18.9 Å². The fourth-order valence-corrected chi connectivity index (χ4v) is 1.20. The van der Waals surface area contributed by atoms with Gasteiger partial charge in [0.1, 0.15) is 0 Å². The van der Waals surface area contributed by atoms with Gasteiger partial charge in [-0.3, -0.25) is 0 Å². The number of hydrogen-bond donors (Lipinski definition) is 3. The SMILES string of the molecule is Cc1ccc(C(F)(F)F)cc1NC(=S)NN. The lowest BCUT2D eigenvalue weighted by Gasteiger charge is -2.13. The molecule has 7 heteroatoms. The van der Waals surface area contributed by atoms with E-state index in [1.54, 1.807) is 6.92 Å². The summed E-state index contributed by atoms with van der Waals surface area (Å²) in [4.78, 5) is 0. The van der Waals surface area contributed by atoms with E-state index in [2.05, 4.69) is 10.7 Å². The summed E-state index contributed by atoms with van der Waals surface area (Å²) >= 11 is 4.71. The number of aryl methyl sites for hydroxylation is 1. The Labute approximate surface area is 95.8 Å². The van der Waals surface area contributed by atoms with E-state index in [9.17, 15) is 13.2 Å². The van der Waals surface area contributed by atoms with Crippen LogP contribution in [0.25, 0.3) is 0 Å². The molecule has 0 fully saturated rings. The average molecular weight is 249 g/mol. The van der Waals surface area contributed by atoms with Crippen molar-refractivity contribution in [1.29, 1.82) is 0 Å². The Hall–Kier alpha value is -1.34. The Morgan fingerprint density at radius 3 is 2.50 bits per heavy atom. The molecule has 0 aliphatic carbocycles. The summed E-state index contributed by atoms with van der Waals surface area (Å²) in [6.45, 7) is 1.67. The lowest BCUT2D eigenvalue weighted by molar-refractivity contribution is -0.137. The average Bonchev–Trinajstić information content (AvgIpc) is 2.19. The number of nitrogens with two attached hydrogens (primary N) is 1. The number of thiocarbonyl (C=S) groups is 1. The molecular formula is C9H10F3N3S. The van der Waals surface area contributed by atoms with Crippen LogP contribution in [0.1, 0.15) is 11.1 Å². The normalized spacial score (nSPS) is 11.1. The molecule has 88 valence electrons. The van der Waals surface area contributed by atoms with Crippen molar-refractivity contribution < 1.29 is 13.2 Å². The van der Waals surface area contributed by atoms with Crippen LogP contribution in [-0.2, 0) is 6.18 Å². The first-order chi connectivity index (χ1) is 7.34. The van der Waals surface area contributed by atoms with Gasteiger partial charge in [0.15, 0.2) is 5.11 Å². The highest BCUT2D eigenvalue weighted by molar-refractivity contribution is 7.80. The Balaban J connectivity index is 3.04. The Kier molecular flexibility index (Phi) is 3.71. The van der Waals surface area contributed by atoms with E-state index < -0.39 is 11.7 Å². The molecule has 3 nitrogen and oxygen atoms in total. The molecule has 0 heterocycles. The van der Waals surface area contributed by atoms with E-state index in [1.807, 2.05) is 0 Å². The second kappa shape index (κ2) is 4.67. The molecule has 16 heavy (non-hydrogen) atoms. The summed E-state index contributed by atoms with van der Waals surface area (Å²) in [5.74, 6) is 5.02. The monoisotopic (exact) mass is 249 g/mol. The number of alkyl halides is 3. The lowest BCUT2D eigenvalue weighted by Crippen LogP contribution is -2.34. The topological polar surface area (TPSA) is 50.1 Å². The fraction of sp³-hybridized carbons (Fsp3) is 0.222. The van der Waals surface area contributed by atoms with Gasteiger partial charge in [-0.25, -0.2) is 5.84 Å². The van der Waals surface area contributed by atoms with Crippen molar-refractivity contribution in [3.8, 4) is 0 Å². The first-order valence-corrected chi connectivity index (χ1v) is 4.71. The number of hydrazine groups is 1. The molecule has 0 aliphatic rings. The van der Waals surface area contributed by atoms with E-state index in [0.717, 1.165) is 12.1 Å². The van der Waals surface area contributed by atoms with Crippen LogP contribution in [0.2, 0.25) is 0 Å². The van der Waals surface area contributed by atoms with Gasteiger partial charge in [-0.05, 0) is 36.8 Å². The number of rotatable bonds is 1. The molecule has 0 amide bonds. The van der Waals surface area contributed by atoms with Crippen LogP contribution in [0, 0.1) is 6.92 Å². The molecule has 1 aromatic rings. The third kappa shape index (κ3) is 3.07. The minimum atomic E-state index is -4.37. The van der Waals surface area contributed by atoms with E-state index in [4.69, 9.17) is 18.1 Å². The maximum absolute atomic E-state index is 12.4. The lowest BCUT2D eigenvalue weighted by atomic mass is 10.1. The van der Waals surface area contributed by atoms with Crippen molar-refractivity contribution in [3.05, 3.63) is 29.3 Å². The zero-order valence-corrected chi connectivity index (χ0v) is 9.17. The van der Waals surface area contributed by atoms with Crippen LogP contribution in [0.3, 0.4) is 0 Å². The van der Waals surface area contributed by atoms with Crippen LogP contribution >= 0.6 is 12.2 Å². The minimum Gasteiger partial charge on any atom is -0.331 e. The molecule has 0 saturated carbocycles. The molecule has 1 aromatic carbocycles.